The summed E-state index contributed by atoms with van der Waals surface area (Å²) in [7, 11) is 0. The van der Waals surface area contributed by atoms with Crippen molar-refractivity contribution in [3.05, 3.63) is 0 Å². The second-order valence-electron chi connectivity index (χ2n) is 0. The number of rotatable bonds is 0. The molecule has 0 saturated carbocycles. The molecule has 0 aliphatic carbocycles. The first-order valence-corrected chi connectivity index (χ1v) is 0. The van der Waals surface area contributed by atoms with Crippen LogP contribution in [0.4, 0.5) is 0 Å². The molecule has 0 bridgehead atoms. The van der Waals surface area contributed by atoms with Crippen LogP contribution in [0.2, 0.25) is 0 Å². The van der Waals surface area contributed by atoms with Gasteiger partial charge in [0, 0.05) is 0 Å². The Bertz CT molecular complexity index is 8.04. The third-order valence-corrected chi connectivity index (χ3v) is 0. The van der Waals surface area contributed by atoms with Crippen LogP contribution in [0.5, 0.6) is 0 Å². The van der Waals surface area contributed by atoms with E-state index in [-0.39, 0.29) is 178 Å². The molecule has 0 radical (unpaired) electrons. The molecule has 0 aromatic heterocycles. The maximum absolute atomic E-state index is 0. The molecule has 0 amide bonds. The van der Waals surface area contributed by atoms with Crippen molar-refractivity contribution in [2.75, 3.05) is 0 Å². The van der Waals surface area contributed by atoms with Gasteiger partial charge in [-0.3, -0.25) is 0 Å². The van der Waals surface area contributed by atoms with E-state index in [0.29, 0.717) is 0 Å². The van der Waals surface area contributed by atoms with E-state index in [1.807, 2.05) is 0 Å². The van der Waals surface area contributed by atoms with Crippen molar-refractivity contribution in [1.29, 1.82) is 0 Å². The van der Waals surface area contributed by atoms with E-state index < -0.39 is 0 Å². The molecule has 0 nitrogen and oxygen atoms in total. The van der Waals surface area contributed by atoms with Crippen LogP contribution in [-0.4, -0.2) is 23.9 Å². The van der Waals surface area contributed by atoms with Gasteiger partial charge < -0.3 is 84.9 Å². The number of hydrogen-bond donors (Lipinski definition) is 0. The fourth-order valence-electron chi connectivity index (χ4n) is 0. The molecule has 7 heteroatoms. The molecule has 0 aliphatic rings. The fourth-order valence-corrected chi connectivity index (χ4v) is 0. The largest absolute Gasteiger partial charge is 4.00 e. The van der Waals surface area contributed by atoms with E-state index in [0.717, 1.165) is 0 Å². The summed E-state index contributed by atoms with van der Waals surface area (Å²) in [4.78, 5) is 0. The van der Waals surface area contributed by atoms with Gasteiger partial charge in [0.25, 0.3) is 0 Å². The maximum Gasteiger partial charge on any atom is 4.00 e. The van der Waals surface area contributed by atoms with E-state index in [1.165, 1.54) is 0 Å². The number of halogens is 5. The summed E-state index contributed by atoms with van der Waals surface area (Å²) in [5.74, 6) is 0. The summed E-state index contributed by atoms with van der Waals surface area (Å²) >= 11 is 0. The second-order valence-corrected chi connectivity index (χ2v) is 0. The standard InChI is InChI=1S/5BrH.Cs.Sn/h5*1H;;/q;;;;;+1;+4/p-5. The van der Waals surface area contributed by atoms with Gasteiger partial charge in [-0.2, -0.15) is 0 Å². The Labute approximate surface area is 172 Å². The molecule has 0 atom stereocenters. The summed E-state index contributed by atoms with van der Waals surface area (Å²) in [6.07, 6.45) is 0. The molecule has 0 unspecified atom stereocenters. The molecule has 0 rings (SSSR count). The van der Waals surface area contributed by atoms with E-state index in [4.69, 9.17) is 0 Å². The van der Waals surface area contributed by atoms with E-state index >= 15 is 0 Å². The van der Waals surface area contributed by atoms with Gasteiger partial charge in [0.05, 0.1) is 0 Å². The Morgan fingerprint density at radius 1 is 0.429 bits per heavy atom. The van der Waals surface area contributed by atoms with Crippen LogP contribution in [0, 0.1) is 0 Å². The predicted molar refractivity (Wildman–Crippen MR) is 5.75 cm³/mol. The van der Waals surface area contributed by atoms with E-state index in [2.05, 4.69) is 0 Å². The van der Waals surface area contributed by atoms with Crippen LogP contribution < -0.4 is 154 Å². The zero-order valence-corrected chi connectivity index (χ0v) is 20.5. The SMILES string of the molecule is [Br-].[Br-].[Br-].[Br-].[Br-].[Cs+].[Sn+4]. The van der Waals surface area contributed by atoms with Crippen molar-refractivity contribution in [2.24, 2.45) is 0 Å². The predicted octanol–water partition coefficient (Wildman–Crippen LogP) is -18.4. The normalized spacial score (nSPS) is 0. The molecular formula is Br5CsSn. The van der Waals surface area contributed by atoms with Crippen molar-refractivity contribution >= 4 is 23.9 Å². The molecular weight excluding hydrogens is 651 g/mol. The van der Waals surface area contributed by atoms with Gasteiger partial charge >= 0.3 is 92.8 Å². The van der Waals surface area contributed by atoms with Gasteiger partial charge in [-0.25, -0.2) is 0 Å². The molecule has 0 fully saturated rings. The van der Waals surface area contributed by atoms with Crippen molar-refractivity contribution in [3.63, 3.8) is 0 Å². The second kappa shape index (κ2) is 42.9. The first kappa shape index (κ1) is 56.2. The van der Waals surface area contributed by atoms with Gasteiger partial charge in [0.15, 0.2) is 0 Å². The van der Waals surface area contributed by atoms with E-state index in [1.54, 1.807) is 0 Å². The van der Waals surface area contributed by atoms with Crippen LogP contribution >= 0.6 is 0 Å². The minimum atomic E-state index is 0. The first-order valence-electron chi connectivity index (χ1n) is 0. The van der Waals surface area contributed by atoms with Crippen molar-refractivity contribution in [3.8, 4) is 0 Å². The molecule has 0 spiro atoms. The quantitative estimate of drug-likeness (QED) is 0.229. The third kappa shape index (κ3) is 34.9. The molecule has 0 aliphatic heterocycles. The van der Waals surface area contributed by atoms with Crippen LogP contribution in [0.1, 0.15) is 0 Å². The van der Waals surface area contributed by atoms with Crippen molar-refractivity contribution < 1.29 is 154 Å². The zero-order chi connectivity index (χ0) is 0. The summed E-state index contributed by atoms with van der Waals surface area (Å²) in [6, 6.07) is 0. The average molecular weight is 651 g/mol. The van der Waals surface area contributed by atoms with Crippen LogP contribution in [-0.2, 0) is 0 Å². The van der Waals surface area contributed by atoms with Crippen LogP contribution in [0.3, 0.4) is 0 Å². The molecule has 0 N–H and O–H groups in total. The Balaban J connectivity index is 0. The smallest absolute Gasteiger partial charge is 1.00 e. The summed E-state index contributed by atoms with van der Waals surface area (Å²) in [6.45, 7) is 0. The van der Waals surface area contributed by atoms with Crippen molar-refractivity contribution in [2.45, 2.75) is 0 Å². The van der Waals surface area contributed by atoms with Crippen LogP contribution in [0.25, 0.3) is 0 Å². The molecule has 0 saturated heterocycles. The molecule has 0 heterocycles. The number of hydrogen-bond acceptors (Lipinski definition) is 0. The monoisotopic (exact) mass is 647 g/mol. The van der Waals surface area contributed by atoms with Gasteiger partial charge in [-0.15, -0.1) is 0 Å². The fraction of sp³-hybridized carbons (Fsp3) is 0. The van der Waals surface area contributed by atoms with Gasteiger partial charge in [0.2, 0.25) is 0 Å². The van der Waals surface area contributed by atoms with Crippen molar-refractivity contribution in [1.82, 2.24) is 0 Å². The zero-order valence-electron chi connectivity index (χ0n) is 3.39. The third-order valence-electron chi connectivity index (χ3n) is 0. The maximum atomic E-state index is 0. The minimum Gasteiger partial charge on any atom is -1.00 e. The topological polar surface area (TPSA) is 0 Å². The van der Waals surface area contributed by atoms with Crippen LogP contribution in [0.15, 0.2) is 0 Å². The van der Waals surface area contributed by atoms with Gasteiger partial charge in [-0.05, 0) is 0 Å². The van der Waals surface area contributed by atoms with E-state index in [9.17, 15) is 0 Å². The first-order chi connectivity index (χ1) is 0. The summed E-state index contributed by atoms with van der Waals surface area (Å²) < 4.78 is 0. The Morgan fingerprint density at radius 2 is 0.429 bits per heavy atom. The Kier molecular flexibility index (Phi) is 345. The average Bonchev–Trinajstić information content (AvgIpc) is 0. The van der Waals surface area contributed by atoms with Gasteiger partial charge in [-0.1, -0.05) is 0 Å². The summed E-state index contributed by atoms with van der Waals surface area (Å²) in [5.41, 5.74) is 0. The molecule has 0 aromatic carbocycles. The molecule has 40 valence electrons. The molecule has 0 aromatic rings. The Morgan fingerprint density at radius 3 is 0.429 bits per heavy atom. The minimum absolute atomic E-state index is 0. The summed E-state index contributed by atoms with van der Waals surface area (Å²) in [5, 5.41) is 0. The molecule has 7 heavy (non-hydrogen) atoms. The van der Waals surface area contributed by atoms with Gasteiger partial charge in [0.1, 0.15) is 0 Å². The Hall–Kier alpha value is 5.25.